The molecule has 32 heavy (non-hydrogen) atoms. The maximum Gasteiger partial charge on any atom is 0.622 e. The molecule has 0 radical (unpaired) electrons. The summed E-state index contributed by atoms with van der Waals surface area (Å²) in [6.45, 7) is 7.98. The average Bonchev–Trinajstić information content (AvgIpc) is 2.68. The summed E-state index contributed by atoms with van der Waals surface area (Å²) in [6, 6.07) is 6.61. The average molecular weight is 464 g/mol. The van der Waals surface area contributed by atoms with E-state index >= 15 is 0 Å². The fourth-order valence-corrected chi connectivity index (χ4v) is 4.31. The van der Waals surface area contributed by atoms with Crippen molar-refractivity contribution in [3.63, 3.8) is 0 Å². The molecule has 1 fully saturated rings. The van der Waals surface area contributed by atoms with E-state index in [2.05, 4.69) is 4.72 Å². The number of likely N-dealkylation sites (N-methyl/N-ethyl adjacent to an activating group) is 1. The van der Waals surface area contributed by atoms with Crippen molar-refractivity contribution in [3.8, 4) is 0 Å². The molecule has 1 aliphatic heterocycles. The Labute approximate surface area is 191 Å². The van der Waals surface area contributed by atoms with Crippen molar-refractivity contribution in [2.75, 3.05) is 20.1 Å². The van der Waals surface area contributed by atoms with Gasteiger partial charge in [0.2, 0.25) is 10.0 Å². The minimum atomic E-state index is -3.97. The number of hydrogen-bond donors (Lipinski definition) is 1. The molecular formula is C22H33BN2O6S. The molecule has 1 saturated heterocycles. The summed E-state index contributed by atoms with van der Waals surface area (Å²) in [5.41, 5.74) is 0.883. The van der Waals surface area contributed by atoms with Gasteiger partial charge in [-0.1, -0.05) is 64.8 Å². The van der Waals surface area contributed by atoms with Crippen LogP contribution in [-0.4, -0.2) is 58.5 Å². The predicted octanol–water partition coefficient (Wildman–Crippen LogP) is 2.44. The van der Waals surface area contributed by atoms with Gasteiger partial charge in [0.15, 0.2) is 0 Å². The van der Waals surface area contributed by atoms with Gasteiger partial charge >= 0.3 is 19.1 Å². The van der Waals surface area contributed by atoms with Crippen LogP contribution in [0.3, 0.4) is 0 Å². The van der Waals surface area contributed by atoms with Gasteiger partial charge in [0, 0.05) is 0 Å². The fourth-order valence-electron chi connectivity index (χ4n) is 3.13. The first-order valence-electron chi connectivity index (χ1n) is 10.8. The smallest absolute Gasteiger partial charge is 0.497 e. The summed E-state index contributed by atoms with van der Waals surface area (Å²) in [5.74, 6) is -2.27. The summed E-state index contributed by atoms with van der Waals surface area (Å²) in [5, 5.41) is 0. The van der Waals surface area contributed by atoms with Crippen molar-refractivity contribution in [2.24, 2.45) is 0 Å². The molecule has 0 bridgehead atoms. The lowest BCUT2D eigenvalue weighted by atomic mass is 9.78. The van der Waals surface area contributed by atoms with Crippen molar-refractivity contribution in [1.82, 2.24) is 9.62 Å². The van der Waals surface area contributed by atoms with Crippen molar-refractivity contribution in [3.05, 3.63) is 42.0 Å². The van der Waals surface area contributed by atoms with Gasteiger partial charge in [-0.2, -0.15) is 0 Å². The van der Waals surface area contributed by atoms with Crippen molar-refractivity contribution < 1.29 is 27.3 Å². The molecule has 1 N–H and O–H groups in total. The van der Waals surface area contributed by atoms with Gasteiger partial charge in [-0.05, 0) is 36.6 Å². The number of allylic oxidation sites excluding steroid dienone is 1. The Balaban J connectivity index is 2.29. The maximum absolute atomic E-state index is 13.1. The van der Waals surface area contributed by atoms with Crippen LogP contribution >= 0.6 is 0 Å². The molecule has 0 amide bonds. The van der Waals surface area contributed by atoms with Crippen LogP contribution in [0.1, 0.15) is 52.5 Å². The minimum Gasteiger partial charge on any atom is -0.497 e. The highest BCUT2D eigenvalue weighted by molar-refractivity contribution is 7.89. The van der Waals surface area contributed by atoms with Gasteiger partial charge in [-0.25, -0.2) is 13.1 Å². The summed E-state index contributed by atoms with van der Waals surface area (Å²) in [4.78, 5) is 25.8. The minimum absolute atomic E-state index is 0.0701. The van der Waals surface area contributed by atoms with Crippen molar-refractivity contribution in [2.45, 2.75) is 63.2 Å². The van der Waals surface area contributed by atoms with Gasteiger partial charge in [0.05, 0.1) is 18.0 Å². The number of nitrogens with one attached hydrogen (secondary N) is 1. The number of carbonyl (C=O) groups excluding carboxylic acids is 2. The highest BCUT2D eigenvalue weighted by Gasteiger charge is 2.40. The first kappa shape index (κ1) is 26.1. The zero-order chi connectivity index (χ0) is 23.9. The van der Waals surface area contributed by atoms with E-state index in [-0.39, 0.29) is 23.4 Å². The predicted molar refractivity (Wildman–Crippen MR) is 123 cm³/mol. The van der Waals surface area contributed by atoms with Crippen LogP contribution in [0.4, 0.5) is 0 Å². The second-order valence-corrected chi connectivity index (χ2v) is 10.7. The number of hydrogen-bond acceptors (Lipinski definition) is 7. The van der Waals surface area contributed by atoms with E-state index < -0.39 is 35.0 Å². The molecule has 0 spiro atoms. The van der Waals surface area contributed by atoms with E-state index in [1.54, 1.807) is 31.3 Å². The molecular weight excluding hydrogens is 431 g/mol. The highest BCUT2D eigenvalue weighted by atomic mass is 32.2. The molecule has 0 aromatic heterocycles. The van der Waals surface area contributed by atoms with Gasteiger partial charge in [0.1, 0.15) is 5.94 Å². The van der Waals surface area contributed by atoms with Gasteiger partial charge in [-0.15, -0.1) is 0 Å². The van der Waals surface area contributed by atoms with Crippen LogP contribution in [0.25, 0.3) is 0 Å². The fraction of sp³-hybridized carbons (Fsp3) is 0.545. The summed E-state index contributed by atoms with van der Waals surface area (Å²) >= 11 is 0. The van der Waals surface area contributed by atoms with E-state index in [0.29, 0.717) is 6.42 Å². The Bertz CT molecular complexity index is 905. The van der Waals surface area contributed by atoms with Crippen LogP contribution in [0.5, 0.6) is 0 Å². The van der Waals surface area contributed by atoms with Crippen LogP contribution in [0, 0.1) is 0 Å². The summed E-state index contributed by atoms with van der Waals surface area (Å²) < 4.78 is 39.3. The molecule has 1 unspecified atom stereocenters. The van der Waals surface area contributed by atoms with E-state index in [0.717, 1.165) is 18.4 Å². The largest absolute Gasteiger partial charge is 0.622 e. The zero-order valence-corrected chi connectivity index (χ0v) is 20.3. The van der Waals surface area contributed by atoms with Gasteiger partial charge in [0.25, 0.3) is 0 Å². The van der Waals surface area contributed by atoms with Crippen LogP contribution in [-0.2, 0) is 34.3 Å². The molecule has 10 heteroatoms. The molecule has 1 aliphatic rings. The number of rotatable bonds is 8. The SMILES string of the molecule is CCCC/C=C/C(NS(=O)(=O)c1ccc(C(C)(C)C)cc1)B1OC(=O)CN(C)CC(=O)O1. The van der Waals surface area contributed by atoms with Crippen molar-refractivity contribution in [1.29, 1.82) is 0 Å². The standard InChI is InChI=1S/C22H33BN2O6S/c1-6-7-8-9-10-19(23-30-20(26)15-25(5)16-21(27)31-23)24-32(28,29)18-13-11-17(12-14-18)22(2,3)4/h9-14,19,24H,6-8,15-16H2,1-5H3/b10-9+. The summed E-state index contributed by atoms with van der Waals surface area (Å²) in [7, 11) is -3.78. The van der Waals surface area contributed by atoms with E-state index in [1.165, 1.54) is 17.0 Å². The lowest BCUT2D eigenvalue weighted by molar-refractivity contribution is -0.145. The molecule has 176 valence electrons. The highest BCUT2D eigenvalue weighted by Crippen LogP contribution is 2.23. The molecule has 1 atom stereocenters. The number of sulfonamides is 1. The third-order valence-corrected chi connectivity index (χ3v) is 6.45. The second kappa shape index (κ2) is 11.1. The first-order chi connectivity index (χ1) is 14.9. The molecule has 8 nitrogen and oxygen atoms in total. The van der Waals surface area contributed by atoms with E-state index in [9.17, 15) is 18.0 Å². The van der Waals surface area contributed by atoms with Crippen LogP contribution < -0.4 is 4.72 Å². The third kappa shape index (κ3) is 7.76. The molecule has 0 saturated carbocycles. The Morgan fingerprint density at radius 1 is 1.12 bits per heavy atom. The molecule has 1 aromatic carbocycles. The zero-order valence-electron chi connectivity index (χ0n) is 19.5. The monoisotopic (exact) mass is 464 g/mol. The van der Waals surface area contributed by atoms with Crippen molar-refractivity contribution >= 4 is 29.1 Å². The Morgan fingerprint density at radius 3 is 2.19 bits per heavy atom. The lowest BCUT2D eigenvalue weighted by Crippen LogP contribution is -2.53. The maximum atomic E-state index is 13.1. The van der Waals surface area contributed by atoms with Gasteiger partial charge in [-0.3, -0.25) is 14.5 Å². The quantitative estimate of drug-likeness (QED) is 0.358. The number of nitrogens with zero attached hydrogens (tertiary/aromatic N) is 1. The normalized spacial score (nSPS) is 17.6. The van der Waals surface area contributed by atoms with Gasteiger partial charge < -0.3 is 9.31 Å². The Kier molecular flexibility index (Phi) is 9.06. The summed E-state index contributed by atoms with van der Waals surface area (Å²) in [6.07, 6.45) is 5.98. The Hall–Kier alpha value is -2.17. The second-order valence-electron chi connectivity index (χ2n) is 9.01. The van der Waals surface area contributed by atoms with Crippen LogP contribution in [0.2, 0.25) is 0 Å². The van der Waals surface area contributed by atoms with E-state index in [4.69, 9.17) is 9.31 Å². The number of unbranched alkanes of at least 4 members (excludes halogenated alkanes) is 2. The molecule has 2 rings (SSSR count). The molecule has 1 heterocycles. The number of benzene rings is 1. The lowest BCUT2D eigenvalue weighted by Gasteiger charge is -2.26. The van der Waals surface area contributed by atoms with E-state index in [1.807, 2.05) is 27.7 Å². The first-order valence-corrected chi connectivity index (χ1v) is 12.3. The molecule has 0 aliphatic carbocycles. The topological polar surface area (TPSA) is 102 Å². The Morgan fingerprint density at radius 2 is 1.69 bits per heavy atom. The molecule has 1 aromatic rings. The number of carbonyl (C=O) groups is 2. The van der Waals surface area contributed by atoms with Crippen LogP contribution in [0.15, 0.2) is 41.3 Å². The third-order valence-electron chi connectivity index (χ3n) is 4.98.